The van der Waals surface area contributed by atoms with Gasteiger partial charge >= 0.3 is 5.97 Å². The molecule has 4 aliphatic carbocycles. The van der Waals surface area contributed by atoms with Gasteiger partial charge in [-0.3, -0.25) is 19.2 Å². The average Bonchev–Trinajstić information content (AvgIpc) is 3.15. The number of benzene rings is 1. The van der Waals surface area contributed by atoms with Gasteiger partial charge in [-0.1, -0.05) is 55.8 Å². The minimum absolute atomic E-state index is 0.0426. The number of ether oxygens (including phenoxy) is 1. The Morgan fingerprint density at radius 3 is 2.51 bits per heavy atom. The Balaban J connectivity index is 1.51. The summed E-state index contributed by atoms with van der Waals surface area (Å²) < 4.78 is 23.7. The fourth-order valence-electron chi connectivity index (χ4n) is 8.43. The number of ketones is 2. The normalized spacial score (nSPS) is 39.3. The van der Waals surface area contributed by atoms with E-state index in [0.29, 0.717) is 35.4 Å². The molecule has 1 aromatic rings. The molecule has 0 aromatic heterocycles. The lowest BCUT2D eigenvalue weighted by Crippen LogP contribution is -2.69. The van der Waals surface area contributed by atoms with Crippen molar-refractivity contribution >= 4 is 46.0 Å². The Morgan fingerprint density at radius 1 is 1.17 bits per heavy atom. The van der Waals surface area contributed by atoms with Crippen molar-refractivity contribution in [3.63, 3.8) is 0 Å². The minimum Gasteiger partial charge on any atom is -0.449 e. The number of fused-ring (bicyclic) bond motifs is 5. The summed E-state index contributed by atoms with van der Waals surface area (Å²) in [7, 11) is 0. The highest BCUT2D eigenvalue weighted by molar-refractivity contribution is 8.14. The predicted octanol–water partition coefficient (Wildman–Crippen LogP) is 6.09. The third-order valence-electron chi connectivity index (χ3n) is 10.5. The number of carbonyl (C=O) groups excluding carboxylic acids is 4. The summed E-state index contributed by atoms with van der Waals surface area (Å²) in [6, 6.07) is 6.39. The smallest absolute Gasteiger partial charge is 0.306 e. The first-order valence-corrected chi connectivity index (χ1v) is 15.6. The number of allylic oxidation sites excluding steroid dienone is 4. The SMILES string of the molecule is CCC(=O)O[C@]1(C(=O)SCC(=O)c2ccc(Cl)cc2)[C@H](C)C[C@H]2[C@@H]3CCC4=CC(=O)C=C[C@]4(C)[C@@]3(F)[C@@H](O)C[C@@]21C. The van der Waals surface area contributed by atoms with E-state index in [2.05, 4.69) is 0 Å². The maximum atomic E-state index is 17.5. The van der Waals surface area contributed by atoms with E-state index in [9.17, 15) is 24.3 Å². The summed E-state index contributed by atoms with van der Waals surface area (Å²) in [5.74, 6) is -2.66. The quantitative estimate of drug-likeness (QED) is 0.311. The molecular weight excluding hydrogens is 567 g/mol. The van der Waals surface area contributed by atoms with Gasteiger partial charge in [0.2, 0.25) is 5.12 Å². The predicted molar refractivity (Wildman–Crippen MR) is 155 cm³/mol. The second-order valence-electron chi connectivity index (χ2n) is 12.5. The third kappa shape index (κ3) is 4.30. The van der Waals surface area contributed by atoms with E-state index in [4.69, 9.17) is 16.3 Å². The first-order valence-electron chi connectivity index (χ1n) is 14.2. The van der Waals surface area contributed by atoms with Crippen LogP contribution in [0.1, 0.15) is 70.2 Å². The van der Waals surface area contributed by atoms with Crippen molar-refractivity contribution in [2.45, 2.75) is 77.2 Å². The second-order valence-corrected chi connectivity index (χ2v) is 13.9. The lowest BCUT2D eigenvalue weighted by molar-refractivity contribution is -0.225. The van der Waals surface area contributed by atoms with Gasteiger partial charge in [-0.2, -0.15) is 0 Å². The molecule has 1 aromatic carbocycles. The fraction of sp³-hybridized carbons (Fsp3) is 0.562. The maximum Gasteiger partial charge on any atom is 0.306 e. The van der Waals surface area contributed by atoms with Gasteiger partial charge in [0, 0.05) is 39.7 Å². The van der Waals surface area contributed by atoms with Crippen LogP contribution >= 0.6 is 23.4 Å². The Morgan fingerprint density at radius 2 is 1.85 bits per heavy atom. The van der Waals surface area contributed by atoms with E-state index in [1.165, 1.54) is 12.2 Å². The van der Waals surface area contributed by atoms with Crippen molar-refractivity contribution in [2.24, 2.45) is 28.6 Å². The highest BCUT2D eigenvalue weighted by Crippen LogP contribution is 2.71. The van der Waals surface area contributed by atoms with E-state index in [0.717, 1.165) is 11.8 Å². The number of rotatable bonds is 6. The first kappa shape index (κ1) is 30.2. The Kier molecular flexibility index (Phi) is 7.70. The number of thioether (sulfide) groups is 1. The average molecular weight is 603 g/mol. The fourth-order valence-corrected chi connectivity index (χ4v) is 9.68. The van der Waals surface area contributed by atoms with Crippen molar-refractivity contribution in [1.82, 2.24) is 0 Å². The zero-order valence-corrected chi connectivity index (χ0v) is 25.3. The van der Waals surface area contributed by atoms with E-state index in [1.54, 1.807) is 44.2 Å². The van der Waals surface area contributed by atoms with Gasteiger partial charge in [0.25, 0.3) is 0 Å². The summed E-state index contributed by atoms with van der Waals surface area (Å²) in [5, 5.41) is 11.7. The molecule has 220 valence electrons. The summed E-state index contributed by atoms with van der Waals surface area (Å²) in [6.45, 7) is 7.06. The second kappa shape index (κ2) is 10.5. The van der Waals surface area contributed by atoms with Crippen LogP contribution in [-0.2, 0) is 19.1 Å². The monoisotopic (exact) mass is 602 g/mol. The minimum atomic E-state index is -2.07. The molecule has 0 amide bonds. The van der Waals surface area contributed by atoms with Gasteiger partial charge in [-0.25, -0.2) is 4.39 Å². The highest BCUT2D eigenvalue weighted by atomic mass is 35.5. The van der Waals surface area contributed by atoms with Gasteiger partial charge in [0.15, 0.2) is 22.8 Å². The number of carbonyl (C=O) groups is 4. The summed E-state index contributed by atoms with van der Waals surface area (Å²) in [4.78, 5) is 52.2. The van der Waals surface area contributed by atoms with Crippen LogP contribution in [0.2, 0.25) is 5.02 Å². The van der Waals surface area contributed by atoms with E-state index in [1.807, 2.05) is 13.8 Å². The van der Waals surface area contributed by atoms with Gasteiger partial charge < -0.3 is 9.84 Å². The topological polar surface area (TPSA) is 97.7 Å². The van der Waals surface area contributed by atoms with Crippen LogP contribution in [0.15, 0.2) is 48.1 Å². The van der Waals surface area contributed by atoms with Crippen LogP contribution < -0.4 is 0 Å². The third-order valence-corrected chi connectivity index (χ3v) is 11.8. The van der Waals surface area contributed by atoms with Gasteiger partial charge in [0.1, 0.15) is 0 Å². The number of esters is 1. The molecule has 3 fully saturated rings. The van der Waals surface area contributed by atoms with Crippen LogP contribution in [0.5, 0.6) is 0 Å². The largest absolute Gasteiger partial charge is 0.449 e. The number of Topliss-reactive ketones (excluding diaryl/α,β-unsaturated/α-hetero) is 1. The molecular formula is C32H36ClFO6S. The van der Waals surface area contributed by atoms with Crippen LogP contribution in [0.3, 0.4) is 0 Å². The van der Waals surface area contributed by atoms with E-state index < -0.39 is 51.1 Å². The molecule has 5 rings (SSSR count). The Bertz CT molecular complexity index is 1360. The van der Waals surface area contributed by atoms with Crippen LogP contribution in [-0.4, -0.2) is 50.9 Å². The first-order chi connectivity index (χ1) is 19.2. The van der Waals surface area contributed by atoms with E-state index in [-0.39, 0.29) is 36.1 Å². The highest BCUT2D eigenvalue weighted by Gasteiger charge is 2.77. The molecule has 1 N–H and O–H groups in total. The van der Waals surface area contributed by atoms with Crippen LogP contribution in [0.25, 0.3) is 0 Å². The van der Waals surface area contributed by atoms with Crippen molar-refractivity contribution < 1.29 is 33.4 Å². The number of hydrogen-bond acceptors (Lipinski definition) is 7. The summed E-state index contributed by atoms with van der Waals surface area (Å²) >= 11 is 6.75. The molecule has 41 heavy (non-hydrogen) atoms. The lowest BCUT2D eigenvalue weighted by Gasteiger charge is -2.62. The molecule has 0 radical (unpaired) electrons. The van der Waals surface area contributed by atoms with Crippen molar-refractivity contribution in [3.8, 4) is 0 Å². The molecule has 9 heteroatoms. The molecule has 0 bridgehead atoms. The number of aliphatic hydroxyl groups is 1. The Hall–Kier alpha value is -2.29. The molecule has 4 aliphatic rings. The van der Waals surface area contributed by atoms with Gasteiger partial charge in [0.05, 0.1) is 11.9 Å². The van der Waals surface area contributed by atoms with Gasteiger partial charge in [-0.05, 0) is 74.9 Å². The molecule has 8 atom stereocenters. The van der Waals surface area contributed by atoms with Gasteiger partial charge in [-0.15, -0.1) is 0 Å². The van der Waals surface area contributed by atoms with E-state index >= 15 is 4.39 Å². The van der Waals surface area contributed by atoms with Crippen molar-refractivity contribution in [1.29, 1.82) is 0 Å². The summed E-state index contributed by atoms with van der Waals surface area (Å²) in [6.07, 6.45) is 4.24. The molecule has 0 saturated heterocycles. The van der Waals surface area contributed by atoms with Crippen LogP contribution in [0.4, 0.5) is 4.39 Å². The molecule has 6 nitrogen and oxygen atoms in total. The number of aliphatic hydroxyl groups excluding tert-OH is 1. The van der Waals surface area contributed by atoms with Crippen molar-refractivity contribution in [2.75, 3.05) is 5.75 Å². The summed E-state index contributed by atoms with van der Waals surface area (Å²) in [5.41, 5.74) is -4.86. The molecule has 0 aliphatic heterocycles. The number of alkyl halides is 1. The maximum absolute atomic E-state index is 17.5. The Labute approximate surface area is 249 Å². The number of hydrogen-bond donors (Lipinski definition) is 1. The molecule has 0 heterocycles. The lowest BCUT2D eigenvalue weighted by atomic mass is 9.45. The zero-order valence-electron chi connectivity index (χ0n) is 23.7. The molecule has 3 saturated carbocycles. The number of halogens is 2. The zero-order chi connectivity index (χ0) is 30.0. The molecule has 0 spiro atoms. The molecule has 0 unspecified atom stereocenters. The standard InChI is InChI=1S/C32H36ClFO6S/c1-5-27(38)40-32(28(39)41-17-25(36)19-6-9-21(33)10-7-19)18(2)14-24-23-11-8-20-15-22(35)12-13-29(20,3)31(23,34)26(37)16-30(24,32)4/h6-7,9-10,12-13,15,18,23-24,26,37H,5,8,11,14,16-17H2,1-4H3/t18-,23+,24+,26+,29+,30+,31+,32+/m1/s1. The van der Waals surface area contributed by atoms with Crippen LogP contribution in [0, 0.1) is 28.6 Å². The van der Waals surface area contributed by atoms with Crippen molar-refractivity contribution in [3.05, 3.63) is 58.7 Å².